The predicted octanol–water partition coefficient (Wildman–Crippen LogP) is 4.34. The normalized spacial score (nSPS) is 25.0. The van der Waals surface area contributed by atoms with E-state index in [0.717, 1.165) is 23.7 Å². The van der Waals surface area contributed by atoms with E-state index >= 15 is 0 Å². The molecule has 0 aromatic heterocycles. The maximum Gasteiger partial charge on any atom is 0.119 e. The van der Waals surface area contributed by atoms with E-state index in [4.69, 9.17) is 4.74 Å². The summed E-state index contributed by atoms with van der Waals surface area (Å²) in [7, 11) is 0. The fourth-order valence-electron chi connectivity index (χ4n) is 3.19. The van der Waals surface area contributed by atoms with Crippen molar-refractivity contribution in [2.75, 3.05) is 6.61 Å². The molecule has 0 heterocycles. The molecule has 0 spiro atoms. The zero-order valence-corrected chi connectivity index (χ0v) is 12.1. The lowest BCUT2D eigenvalue weighted by Crippen LogP contribution is -2.21. The van der Waals surface area contributed by atoms with Gasteiger partial charge < -0.3 is 9.84 Å². The van der Waals surface area contributed by atoms with Crippen molar-refractivity contribution < 1.29 is 9.84 Å². The second-order valence-corrected chi connectivity index (χ2v) is 5.65. The van der Waals surface area contributed by atoms with E-state index in [0.29, 0.717) is 12.5 Å². The Kier molecular flexibility index (Phi) is 5.26. The Bertz CT molecular complexity index is 371. The SMILES string of the molecule is CCOc1ccc(C(O)C2CCCC(CC)C2)cc1. The summed E-state index contributed by atoms with van der Waals surface area (Å²) in [5.41, 5.74) is 1.03. The van der Waals surface area contributed by atoms with Crippen molar-refractivity contribution in [3.8, 4) is 5.75 Å². The number of benzene rings is 1. The van der Waals surface area contributed by atoms with Crippen LogP contribution in [0.1, 0.15) is 57.6 Å². The fraction of sp³-hybridized carbons (Fsp3) is 0.647. The average Bonchev–Trinajstić information content (AvgIpc) is 2.48. The van der Waals surface area contributed by atoms with E-state index in [9.17, 15) is 5.11 Å². The van der Waals surface area contributed by atoms with Gasteiger partial charge in [-0.05, 0) is 49.3 Å². The van der Waals surface area contributed by atoms with Gasteiger partial charge in [-0.1, -0.05) is 38.3 Å². The van der Waals surface area contributed by atoms with Crippen molar-refractivity contribution in [1.29, 1.82) is 0 Å². The second-order valence-electron chi connectivity index (χ2n) is 5.65. The summed E-state index contributed by atoms with van der Waals surface area (Å²) in [5.74, 6) is 2.11. The second kappa shape index (κ2) is 6.95. The third kappa shape index (κ3) is 3.73. The van der Waals surface area contributed by atoms with E-state index in [1.165, 1.54) is 25.7 Å². The van der Waals surface area contributed by atoms with Gasteiger partial charge in [-0.2, -0.15) is 0 Å². The van der Waals surface area contributed by atoms with Gasteiger partial charge >= 0.3 is 0 Å². The summed E-state index contributed by atoms with van der Waals surface area (Å²) in [6.07, 6.45) is 5.85. The number of aliphatic hydroxyl groups excluding tert-OH is 1. The first-order chi connectivity index (χ1) is 9.24. The largest absolute Gasteiger partial charge is 0.494 e. The van der Waals surface area contributed by atoms with Crippen LogP contribution >= 0.6 is 0 Å². The third-order valence-corrected chi connectivity index (χ3v) is 4.38. The first-order valence-electron chi connectivity index (χ1n) is 7.65. The number of rotatable bonds is 5. The lowest BCUT2D eigenvalue weighted by atomic mass is 9.76. The molecule has 19 heavy (non-hydrogen) atoms. The van der Waals surface area contributed by atoms with Crippen LogP contribution in [0, 0.1) is 11.8 Å². The van der Waals surface area contributed by atoms with Gasteiger partial charge in [0, 0.05) is 0 Å². The van der Waals surface area contributed by atoms with Crippen LogP contribution in [0.5, 0.6) is 5.75 Å². The van der Waals surface area contributed by atoms with Crippen molar-refractivity contribution in [3.05, 3.63) is 29.8 Å². The maximum absolute atomic E-state index is 10.5. The molecule has 1 aliphatic carbocycles. The van der Waals surface area contributed by atoms with Gasteiger partial charge in [0.15, 0.2) is 0 Å². The van der Waals surface area contributed by atoms with Gasteiger partial charge in [-0.3, -0.25) is 0 Å². The summed E-state index contributed by atoms with van der Waals surface area (Å²) in [5, 5.41) is 10.5. The highest BCUT2D eigenvalue weighted by molar-refractivity contribution is 5.28. The average molecular weight is 262 g/mol. The van der Waals surface area contributed by atoms with E-state index in [1.807, 2.05) is 31.2 Å². The molecule has 2 rings (SSSR count). The number of hydrogen-bond donors (Lipinski definition) is 1. The van der Waals surface area contributed by atoms with Crippen LogP contribution in [0.2, 0.25) is 0 Å². The Labute approximate surface area is 116 Å². The molecule has 0 radical (unpaired) electrons. The molecule has 1 aromatic carbocycles. The molecule has 3 atom stereocenters. The van der Waals surface area contributed by atoms with Gasteiger partial charge in [-0.15, -0.1) is 0 Å². The first kappa shape index (κ1) is 14.4. The highest BCUT2D eigenvalue weighted by atomic mass is 16.5. The molecule has 0 amide bonds. The summed E-state index contributed by atoms with van der Waals surface area (Å²) in [6, 6.07) is 7.93. The van der Waals surface area contributed by atoms with Crippen LogP contribution in [0.25, 0.3) is 0 Å². The molecule has 1 fully saturated rings. The first-order valence-corrected chi connectivity index (χ1v) is 7.65. The highest BCUT2D eigenvalue weighted by Crippen LogP contribution is 2.38. The Morgan fingerprint density at radius 1 is 1.21 bits per heavy atom. The quantitative estimate of drug-likeness (QED) is 0.855. The minimum absolute atomic E-state index is 0.315. The number of hydrogen-bond acceptors (Lipinski definition) is 2. The van der Waals surface area contributed by atoms with Crippen LogP contribution in [-0.2, 0) is 0 Å². The standard InChI is InChI=1S/C17H26O2/c1-3-13-6-5-7-15(12-13)17(18)14-8-10-16(11-9-14)19-4-2/h8-11,13,15,17-18H,3-7,12H2,1-2H3. The number of ether oxygens (including phenoxy) is 1. The maximum atomic E-state index is 10.5. The van der Waals surface area contributed by atoms with Crippen LogP contribution in [0.4, 0.5) is 0 Å². The summed E-state index contributed by atoms with van der Waals surface area (Å²) >= 11 is 0. The van der Waals surface area contributed by atoms with E-state index in [1.54, 1.807) is 0 Å². The van der Waals surface area contributed by atoms with Crippen LogP contribution in [0.15, 0.2) is 24.3 Å². The summed E-state index contributed by atoms with van der Waals surface area (Å²) in [4.78, 5) is 0. The topological polar surface area (TPSA) is 29.5 Å². The van der Waals surface area contributed by atoms with Crippen LogP contribution < -0.4 is 4.74 Å². The van der Waals surface area contributed by atoms with Crippen molar-refractivity contribution in [2.45, 2.75) is 52.1 Å². The molecule has 3 unspecified atom stereocenters. The number of aliphatic hydroxyl groups is 1. The van der Waals surface area contributed by atoms with Gasteiger partial charge in [-0.25, -0.2) is 0 Å². The monoisotopic (exact) mass is 262 g/mol. The lowest BCUT2D eigenvalue weighted by Gasteiger charge is -2.32. The molecular formula is C17H26O2. The minimum atomic E-state index is -0.315. The summed E-state index contributed by atoms with van der Waals surface area (Å²) < 4.78 is 5.44. The third-order valence-electron chi connectivity index (χ3n) is 4.38. The van der Waals surface area contributed by atoms with E-state index < -0.39 is 0 Å². The molecule has 0 bridgehead atoms. The zero-order valence-electron chi connectivity index (χ0n) is 12.1. The van der Waals surface area contributed by atoms with Crippen molar-refractivity contribution in [3.63, 3.8) is 0 Å². The molecule has 1 saturated carbocycles. The van der Waals surface area contributed by atoms with Crippen molar-refractivity contribution >= 4 is 0 Å². The fourth-order valence-corrected chi connectivity index (χ4v) is 3.19. The summed E-state index contributed by atoms with van der Waals surface area (Å²) in [6.45, 7) is 4.93. The van der Waals surface area contributed by atoms with E-state index in [-0.39, 0.29) is 6.10 Å². The van der Waals surface area contributed by atoms with Gasteiger partial charge in [0.2, 0.25) is 0 Å². The molecule has 1 N–H and O–H groups in total. The van der Waals surface area contributed by atoms with Gasteiger partial charge in [0.25, 0.3) is 0 Å². The van der Waals surface area contributed by atoms with Crippen LogP contribution in [0.3, 0.4) is 0 Å². The molecule has 1 aromatic rings. The molecule has 2 nitrogen and oxygen atoms in total. The Balaban J connectivity index is 1.99. The molecule has 0 saturated heterocycles. The Morgan fingerprint density at radius 2 is 1.95 bits per heavy atom. The highest BCUT2D eigenvalue weighted by Gasteiger charge is 2.27. The molecule has 2 heteroatoms. The molecule has 0 aliphatic heterocycles. The zero-order chi connectivity index (χ0) is 13.7. The lowest BCUT2D eigenvalue weighted by molar-refractivity contribution is 0.0677. The molecular weight excluding hydrogens is 236 g/mol. The molecule has 106 valence electrons. The minimum Gasteiger partial charge on any atom is -0.494 e. The Morgan fingerprint density at radius 3 is 2.58 bits per heavy atom. The molecule has 1 aliphatic rings. The van der Waals surface area contributed by atoms with E-state index in [2.05, 4.69) is 6.92 Å². The van der Waals surface area contributed by atoms with Crippen molar-refractivity contribution in [1.82, 2.24) is 0 Å². The van der Waals surface area contributed by atoms with Crippen molar-refractivity contribution in [2.24, 2.45) is 11.8 Å². The van der Waals surface area contributed by atoms with Gasteiger partial charge in [0.05, 0.1) is 12.7 Å². The van der Waals surface area contributed by atoms with Gasteiger partial charge in [0.1, 0.15) is 5.75 Å². The van der Waals surface area contributed by atoms with Crippen LogP contribution in [-0.4, -0.2) is 11.7 Å². The smallest absolute Gasteiger partial charge is 0.119 e. The predicted molar refractivity (Wildman–Crippen MR) is 78.3 cm³/mol. The Hall–Kier alpha value is -1.02.